The van der Waals surface area contributed by atoms with Gasteiger partial charge in [-0.15, -0.1) is 0 Å². The Hall–Kier alpha value is -1.68. The maximum Gasteiger partial charge on any atom is 0.223 e. The average molecular weight is 267 g/mol. The highest BCUT2D eigenvalue weighted by Gasteiger charge is 2.16. The quantitative estimate of drug-likeness (QED) is 0.780. The van der Waals surface area contributed by atoms with Gasteiger partial charge in [0.15, 0.2) is 5.82 Å². The van der Waals surface area contributed by atoms with Crippen molar-refractivity contribution in [2.45, 2.75) is 13.8 Å². The first-order valence-corrected chi connectivity index (χ1v) is 5.75. The Bertz CT molecular complexity index is 602. The van der Waals surface area contributed by atoms with Crippen LogP contribution in [-0.4, -0.2) is 17.1 Å². The standard InChI is InChI=1S/C13H12ClFN2O/c1-7-4-5-9(12(18-3)8(7)2)11-10(15)6-16-13(14)17-11/h4-6H,1-3H3. The van der Waals surface area contributed by atoms with Gasteiger partial charge in [0.2, 0.25) is 5.28 Å². The Balaban J connectivity index is 2.71. The van der Waals surface area contributed by atoms with Crippen LogP contribution in [0.2, 0.25) is 5.28 Å². The predicted molar refractivity (Wildman–Crippen MR) is 68.5 cm³/mol. The van der Waals surface area contributed by atoms with E-state index < -0.39 is 5.82 Å². The number of aryl methyl sites for hydroxylation is 1. The Kier molecular flexibility index (Phi) is 3.48. The summed E-state index contributed by atoms with van der Waals surface area (Å²) in [6.45, 7) is 3.88. The minimum absolute atomic E-state index is 0.00619. The largest absolute Gasteiger partial charge is 0.496 e. The number of aromatic nitrogens is 2. The van der Waals surface area contributed by atoms with Crippen LogP contribution in [0.1, 0.15) is 11.1 Å². The summed E-state index contributed by atoms with van der Waals surface area (Å²) >= 11 is 5.70. The lowest BCUT2D eigenvalue weighted by atomic mass is 10.0. The first-order valence-electron chi connectivity index (χ1n) is 5.37. The van der Waals surface area contributed by atoms with E-state index in [9.17, 15) is 4.39 Å². The van der Waals surface area contributed by atoms with Crippen molar-refractivity contribution < 1.29 is 9.13 Å². The smallest absolute Gasteiger partial charge is 0.223 e. The van der Waals surface area contributed by atoms with E-state index in [0.29, 0.717) is 11.3 Å². The predicted octanol–water partition coefficient (Wildman–Crippen LogP) is 3.56. The Morgan fingerprint density at radius 3 is 2.67 bits per heavy atom. The molecular formula is C13H12ClFN2O. The molecule has 0 bridgehead atoms. The molecule has 94 valence electrons. The molecule has 5 heteroatoms. The number of nitrogens with zero attached hydrogens (tertiary/aromatic N) is 2. The van der Waals surface area contributed by atoms with Crippen molar-refractivity contribution in [2.75, 3.05) is 7.11 Å². The summed E-state index contributed by atoms with van der Waals surface area (Å²) < 4.78 is 19.1. The monoisotopic (exact) mass is 266 g/mol. The summed E-state index contributed by atoms with van der Waals surface area (Å²) in [5.74, 6) is 0.0737. The van der Waals surface area contributed by atoms with E-state index in [1.165, 1.54) is 0 Å². The zero-order valence-corrected chi connectivity index (χ0v) is 11.0. The summed E-state index contributed by atoms with van der Waals surface area (Å²) in [6, 6.07) is 3.66. The molecule has 18 heavy (non-hydrogen) atoms. The lowest BCUT2D eigenvalue weighted by Crippen LogP contribution is -1.98. The Morgan fingerprint density at radius 2 is 2.00 bits per heavy atom. The van der Waals surface area contributed by atoms with Crippen LogP contribution in [0.15, 0.2) is 18.3 Å². The minimum atomic E-state index is -0.527. The Morgan fingerprint density at radius 1 is 1.28 bits per heavy atom. The van der Waals surface area contributed by atoms with Gasteiger partial charge in [-0.2, -0.15) is 0 Å². The highest BCUT2D eigenvalue weighted by molar-refractivity contribution is 6.28. The number of methoxy groups -OCH3 is 1. The molecule has 0 saturated heterocycles. The van der Waals surface area contributed by atoms with Crippen LogP contribution in [0.4, 0.5) is 4.39 Å². The lowest BCUT2D eigenvalue weighted by molar-refractivity contribution is 0.412. The van der Waals surface area contributed by atoms with E-state index in [1.807, 2.05) is 19.9 Å². The summed E-state index contributed by atoms with van der Waals surface area (Å²) in [6.07, 6.45) is 1.05. The molecule has 0 unspecified atom stereocenters. The maximum absolute atomic E-state index is 13.8. The van der Waals surface area contributed by atoms with Crippen molar-refractivity contribution in [3.8, 4) is 17.0 Å². The zero-order valence-electron chi connectivity index (χ0n) is 10.3. The van der Waals surface area contributed by atoms with Gasteiger partial charge in [-0.1, -0.05) is 6.07 Å². The van der Waals surface area contributed by atoms with E-state index in [4.69, 9.17) is 16.3 Å². The first kappa shape index (κ1) is 12.8. The van der Waals surface area contributed by atoms with Crippen LogP contribution >= 0.6 is 11.6 Å². The molecule has 0 atom stereocenters. The number of hydrogen-bond acceptors (Lipinski definition) is 3. The van der Waals surface area contributed by atoms with Gasteiger partial charge in [0.25, 0.3) is 0 Å². The Labute approximate surface area is 110 Å². The second kappa shape index (κ2) is 4.90. The molecule has 0 radical (unpaired) electrons. The molecule has 3 nitrogen and oxygen atoms in total. The van der Waals surface area contributed by atoms with Gasteiger partial charge in [-0.25, -0.2) is 14.4 Å². The third kappa shape index (κ3) is 2.16. The van der Waals surface area contributed by atoms with Crippen molar-refractivity contribution in [2.24, 2.45) is 0 Å². The van der Waals surface area contributed by atoms with Gasteiger partial charge >= 0.3 is 0 Å². The summed E-state index contributed by atoms with van der Waals surface area (Å²) in [7, 11) is 1.55. The second-order valence-electron chi connectivity index (χ2n) is 3.92. The molecule has 0 aliphatic heterocycles. The van der Waals surface area contributed by atoms with E-state index in [2.05, 4.69) is 9.97 Å². The zero-order chi connectivity index (χ0) is 13.3. The first-order chi connectivity index (χ1) is 8.54. The molecule has 0 saturated carbocycles. The molecule has 1 heterocycles. The van der Waals surface area contributed by atoms with Crippen molar-refractivity contribution in [1.29, 1.82) is 0 Å². The number of benzene rings is 1. The highest BCUT2D eigenvalue weighted by atomic mass is 35.5. The van der Waals surface area contributed by atoms with Gasteiger partial charge in [-0.3, -0.25) is 0 Å². The SMILES string of the molecule is COc1c(-c2nc(Cl)ncc2F)ccc(C)c1C. The normalized spacial score (nSPS) is 10.5. The number of hydrogen-bond donors (Lipinski definition) is 0. The summed E-state index contributed by atoms with van der Waals surface area (Å²) in [4.78, 5) is 7.52. The summed E-state index contributed by atoms with van der Waals surface area (Å²) in [5.41, 5.74) is 2.73. The fraction of sp³-hybridized carbons (Fsp3) is 0.231. The number of ether oxygens (including phenoxy) is 1. The molecule has 1 aromatic carbocycles. The van der Waals surface area contributed by atoms with Crippen LogP contribution in [0, 0.1) is 19.7 Å². The van der Waals surface area contributed by atoms with Crippen molar-refractivity contribution in [3.63, 3.8) is 0 Å². The van der Waals surface area contributed by atoms with E-state index >= 15 is 0 Å². The third-order valence-electron chi connectivity index (χ3n) is 2.85. The molecule has 2 aromatic rings. The number of rotatable bonds is 2. The molecule has 1 aromatic heterocycles. The third-order valence-corrected chi connectivity index (χ3v) is 3.03. The van der Waals surface area contributed by atoms with Gasteiger partial charge < -0.3 is 4.74 Å². The molecule has 0 spiro atoms. The van der Waals surface area contributed by atoms with Crippen LogP contribution in [0.5, 0.6) is 5.75 Å². The molecule has 0 amide bonds. The van der Waals surface area contributed by atoms with Gasteiger partial charge in [0.05, 0.1) is 13.3 Å². The van der Waals surface area contributed by atoms with Crippen molar-refractivity contribution in [1.82, 2.24) is 9.97 Å². The molecular weight excluding hydrogens is 255 g/mol. The molecule has 0 aliphatic rings. The van der Waals surface area contributed by atoms with Crippen LogP contribution in [0.3, 0.4) is 0 Å². The molecule has 0 fully saturated rings. The van der Waals surface area contributed by atoms with Crippen LogP contribution < -0.4 is 4.74 Å². The van der Waals surface area contributed by atoms with Gasteiger partial charge in [0.1, 0.15) is 11.4 Å². The molecule has 0 aliphatic carbocycles. The van der Waals surface area contributed by atoms with E-state index in [1.54, 1.807) is 13.2 Å². The summed E-state index contributed by atoms with van der Waals surface area (Å²) in [5, 5.41) is 0.00619. The maximum atomic E-state index is 13.8. The molecule has 2 rings (SSSR count). The van der Waals surface area contributed by atoms with Gasteiger partial charge in [-0.05, 0) is 42.6 Å². The molecule has 0 N–H and O–H groups in total. The van der Waals surface area contributed by atoms with Crippen LogP contribution in [-0.2, 0) is 0 Å². The lowest BCUT2D eigenvalue weighted by Gasteiger charge is -2.13. The van der Waals surface area contributed by atoms with E-state index in [-0.39, 0.29) is 11.0 Å². The number of halogens is 2. The topological polar surface area (TPSA) is 35.0 Å². The van der Waals surface area contributed by atoms with Crippen molar-refractivity contribution >= 4 is 11.6 Å². The highest BCUT2D eigenvalue weighted by Crippen LogP contribution is 2.34. The average Bonchev–Trinajstić information content (AvgIpc) is 2.35. The minimum Gasteiger partial charge on any atom is -0.496 e. The van der Waals surface area contributed by atoms with E-state index in [0.717, 1.165) is 17.3 Å². The second-order valence-corrected chi connectivity index (χ2v) is 4.26. The fourth-order valence-corrected chi connectivity index (χ4v) is 1.91. The van der Waals surface area contributed by atoms with Crippen LogP contribution in [0.25, 0.3) is 11.3 Å². The van der Waals surface area contributed by atoms with Gasteiger partial charge in [0, 0.05) is 5.56 Å². The fourth-order valence-electron chi connectivity index (χ4n) is 1.77. The van der Waals surface area contributed by atoms with Crippen molar-refractivity contribution in [3.05, 3.63) is 40.6 Å².